The molecule has 0 aromatic heterocycles. The summed E-state index contributed by atoms with van der Waals surface area (Å²) >= 11 is 0. The lowest BCUT2D eigenvalue weighted by Crippen LogP contribution is -2.30. The fraction of sp³-hybridized carbons (Fsp3) is 0.462. The van der Waals surface area contributed by atoms with Crippen molar-refractivity contribution < 1.29 is 13.2 Å². The second-order valence-electron chi connectivity index (χ2n) is 5.65. The molecule has 106 valence electrons. The third kappa shape index (κ3) is 4.33. The summed E-state index contributed by atoms with van der Waals surface area (Å²) in [5.41, 5.74) is 0.259. The third-order valence-electron chi connectivity index (χ3n) is 3.12. The van der Waals surface area contributed by atoms with E-state index in [4.69, 9.17) is 5.14 Å². The quantitative estimate of drug-likeness (QED) is 0.889. The summed E-state index contributed by atoms with van der Waals surface area (Å²) in [7, 11) is -3.76. The summed E-state index contributed by atoms with van der Waals surface area (Å²) in [5.74, 6) is -0.357. The molecule has 5 nitrogen and oxygen atoms in total. The highest BCUT2D eigenvalue weighted by Crippen LogP contribution is 2.26. The van der Waals surface area contributed by atoms with Crippen LogP contribution in [0, 0.1) is 11.3 Å². The van der Waals surface area contributed by atoms with Gasteiger partial charge in [-0.05, 0) is 23.6 Å². The minimum Gasteiger partial charge on any atom is -0.326 e. The van der Waals surface area contributed by atoms with E-state index < -0.39 is 10.0 Å². The average Bonchev–Trinajstić information content (AvgIpc) is 2.26. The van der Waals surface area contributed by atoms with Crippen molar-refractivity contribution in [3.63, 3.8) is 0 Å². The third-order valence-corrected chi connectivity index (χ3v) is 4.03. The van der Waals surface area contributed by atoms with Crippen molar-refractivity contribution in [2.45, 2.75) is 32.6 Å². The Kier molecular flexibility index (Phi) is 4.37. The molecule has 0 saturated carbocycles. The lowest BCUT2D eigenvalue weighted by atomic mass is 9.81. The van der Waals surface area contributed by atoms with Gasteiger partial charge >= 0.3 is 0 Å². The van der Waals surface area contributed by atoms with Crippen LogP contribution in [0.15, 0.2) is 29.2 Å². The maximum Gasteiger partial charge on any atom is 0.238 e. The van der Waals surface area contributed by atoms with E-state index in [1.165, 1.54) is 18.2 Å². The van der Waals surface area contributed by atoms with Gasteiger partial charge in [0.15, 0.2) is 0 Å². The zero-order valence-corrected chi connectivity index (χ0v) is 12.4. The lowest BCUT2D eigenvalue weighted by Gasteiger charge is -2.26. The SMILES string of the molecule is CC(C(=O)Nc1cccc(S(N)(=O)=O)c1)C(C)(C)C. The van der Waals surface area contributed by atoms with Crippen LogP contribution in [0.2, 0.25) is 0 Å². The Bertz CT molecular complexity index is 574. The molecule has 1 aromatic rings. The molecule has 0 spiro atoms. The minimum absolute atomic E-state index is 0.0197. The summed E-state index contributed by atoms with van der Waals surface area (Å²) in [6.07, 6.45) is 0. The van der Waals surface area contributed by atoms with Crippen molar-refractivity contribution in [2.24, 2.45) is 16.5 Å². The van der Waals surface area contributed by atoms with Gasteiger partial charge in [0.05, 0.1) is 4.90 Å². The van der Waals surface area contributed by atoms with E-state index in [-0.39, 0.29) is 22.1 Å². The van der Waals surface area contributed by atoms with Crippen LogP contribution in [0.25, 0.3) is 0 Å². The molecule has 1 atom stereocenters. The van der Waals surface area contributed by atoms with E-state index in [0.29, 0.717) is 5.69 Å². The highest BCUT2D eigenvalue weighted by Gasteiger charge is 2.26. The Hall–Kier alpha value is -1.40. The zero-order valence-electron chi connectivity index (χ0n) is 11.6. The number of nitrogens with two attached hydrogens (primary N) is 1. The maximum atomic E-state index is 12.0. The van der Waals surface area contributed by atoms with Crippen LogP contribution in [0.3, 0.4) is 0 Å². The fourth-order valence-electron chi connectivity index (χ4n) is 1.39. The van der Waals surface area contributed by atoms with Crippen LogP contribution >= 0.6 is 0 Å². The van der Waals surface area contributed by atoms with E-state index in [1.807, 2.05) is 27.7 Å². The first-order chi connectivity index (χ1) is 8.51. The molecule has 1 aromatic carbocycles. The van der Waals surface area contributed by atoms with Gasteiger partial charge in [-0.25, -0.2) is 13.6 Å². The molecular formula is C13H20N2O3S. The number of hydrogen-bond acceptors (Lipinski definition) is 3. The lowest BCUT2D eigenvalue weighted by molar-refractivity contribution is -0.122. The summed E-state index contributed by atoms with van der Waals surface area (Å²) in [6, 6.07) is 5.90. The number of primary sulfonamides is 1. The first kappa shape index (κ1) is 15.7. The van der Waals surface area contributed by atoms with Gasteiger partial charge in [-0.1, -0.05) is 33.8 Å². The molecule has 0 saturated heterocycles. The molecular weight excluding hydrogens is 264 g/mol. The van der Waals surface area contributed by atoms with Gasteiger partial charge in [0.25, 0.3) is 0 Å². The molecule has 0 aliphatic rings. The average molecular weight is 284 g/mol. The number of anilines is 1. The van der Waals surface area contributed by atoms with Gasteiger partial charge in [-0.15, -0.1) is 0 Å². The zero-order chi connectivity index (χ0) is 14.8. The summed E-state index contributed by atoms with van der Waals surface area (Å²) in [4.78, 5) is 12.0. The summed E-state index contributed by atoms with van der Waals surface area (Å²) in [5, 5.41) is 7.75. The van der Waals surface area contributed by atoms with Crippen molar-refractivity contribution in [1.82, 2.24) is 0 Å². The van der Waals surface area contributed by atoms with E-state index >= 15 is 0 Å². The molecule has 0 aliphatic carbocycles. The molecule has 1 rings (SSSR count). The summed E-state index contributed by atoms with van der Waals surface area (Å²) in [6.45, 7) is 7.74. The maximum absolute atomic E-state index is 12.0. The number of sulfonamides is 1. The van der Waals surface area contributed by atoms with E-state index in [0.717, 1.165) is 0 Å². The van der Waals surface area contributed by atoms with Gasteiger partial charge in [0, 0.05) is 11.6 Å². The van der Waals surface area contributed by atoms with Crippen molar-refractivity contribution in [3.05, 3.63) is 24.3 Å². The summed E-state index contributed by atoms with van der Waals surface area (Å²) < 4.78 is 22.5. The van der Waals surface area contributed by atoms with Crippen molar-refractivity contribution in [2.75, 3.05) is 5.32 Å². The second-order valence-corrected chi connectivity index (χ2v) is 7.21. The molecule has 1 amide bonds. The Balaban J connectivity index is 2.93. The Morgan fingerprint density at radius 1 is 1.32 bits per heavy atom. The van der Waals surface area contributed by atoms with Crippen molar-refractivity contribution >= 4 is 21.6 Å². The molecule has 3 N–H and O–H groups in total. The van der Waals surface area contributed by atoms with Crippen LogP contribution in [0.4, 0.5) is 5.69 Å². The van der Waals surface area contributed by atoms with Gasteiger partial charge in [0.1, 0.15) is 0 Å². The number of nitrogens with one attached hydrogen (secondary N) is 1. The van der Waals surface area contributed by atoms with Crippen LogP contribution in [-0.4, -0.2) is 14.3 Å². The van der Waals surface area contributed by atoms with Crippen LogP contribution in [0.5, 0.6) is 0 Å². The smallest absolute Gasteiger partial charge is 0.238 e. The van der Waals surface area contributed by atoms with Crippen molar-refractivity contribution in [3.8, 4) is 0 Å². The fourth-order valence-corrected chi connectivity index (χ4v) is 1.95. The Labute approximate surface area is 114 Å². The molecule has 19 heavy (non-hydrogen) atoms. The minimum atomic E-state index is -3.76. The van der Waals surface area contributed by atoms with Gasteiger partial charge in [-0.2, -0.15) is 0 Å². The predicted molar refractivity (Wildman–Crippen MR) is 75.1 cm³/mol. The van der Waals surface area contributed by atoms with E-state index in [2.05, 4.69) is 5.32 Å². The number of benzene rings is 1. The molecule has 1 unspecified atom stereocenters. The van der Waals surface area contributed by atoms with Crippen LogP contribution in [0.1, 0.15) is 27.7 Å². The first-order valence-corrected chi connectivity index (χ1v) is 7.50. The molecule has 6 heteroatoms. The molecule has 0 fully saturated rings. The number of carbonyl (C=O) groups excluding carboxylic acids is 1. The number of carbonyl (C=O) groups is 1. The first-order valence-electron chi connectivity index (χ1n) is 5.95. The Morgan fingerprint density at radius 2 is 1.89 bits per heavy atom. The van der Waals surface area contributed by atoms with Gasteiger partial charge in [-0.3, -0.25) is 4.79 Å². The largest absolute Gasteiger partial charge is 0.326 e. The number of hydrogen-bond donors (Lipinski definition) is 2. The van der Waals surface area contributed by atoms with Crippen molar-refractivity contribution in [1.29, 1.82) is 0 Å². The number of rotatable bonds is 3. The van der Waals surface area contributed by atoms with Gasteiger partial charge in [0.2, 0.25) is 15.9 Å². The normalized spacial score (nSPS) is 13.9. The highest BCUT2D eigenvalue weighted by atomic mass is 32.2. The topological polar surface area (TPSA) is 89.3 Å². The van der Waals surface area contributed by atoms with Gasteiger partial charge < -0.3 is 5.32 Å². The predicted octanol–water partition coefficient (Wildman–Crippen LogP) is 1.95. The molecule has 0 aliphatic heterocycles. The molecule has 0 radical (unpaired) electrons. The van der Waals surface area contributed by atoms with Crippen LogP contribution < -0.4 is 10.5 Å². The van der Waals surface area contributed by atoms with Crippen LogP contribution in [-0.2, 0) is 14.8 Å². The Morgan fingerprint density at radius 3 is 2.37 bits per heavy atom. The van der Waals surface area contributed by atoms with E-state index in [1.54, 1.807) is 6.07 Å². The number of amides is 1. The molecule has 0 heterocycles. The molecule has 0 bridgehead atoms. The highest BCUT2D eigenvalue weighted by molar-refractivity contribution is 7.89. The standard InChI is InChI=1S/C13H20N2O3S/c1-9(13(2,3)4)12(16)15-10-6-5-7-11(8-10)19(14,17)18/h5-9H,1-4H3,(H,15,16)(H2,14,17,18). The monoisotopic (exact) mass is 284 g/mol. The second kappa shape index (κ2) is 5.30. The van der Waals surface area contributed by atoms with E-state index in [9.17, 15) is 13.2 Å².